The molecule has 1 aromatic rings. The van der Waals surface area contributed by atoms with Crippen molar-refractivity contribution in [3.8, 4) is 0 Å². The van der Waals surface area contributed by atoms with E-state index in [1.54, 1.807) is 12.3 Å². The van der Waals surface area contributed by atoms with Gasteiger partial charge in [-0.15, -0.1) is 11.3 Å². The average molecular weight is 340 g/mol. The van der Waals surface area contributed by atoms with Gasteiger partial charge in [0.1, 0.15) is 6.10 Å². The molecule has 2 fully saturated rings. The van der Waals surface area contributed by atoms with E-state index in [2.05, 4.69) is 4.98 Å². The van der Waals surface area contributed by atoms with E-state index in [-0.39, 0.29) is 25.6 Å². The number of hydrogen-bond acceptors (Lipinski definition) is 8. The number of rotatable bonds is 4. The van der Waals surface area contributed by atoms with Gasteiger partial charge in [-0.1, -0.05) is 0 Å². The summed E-state index contributed by atoms with van der Waals surface area (Å²) in [6.07, 6.45) is 0.0790. The van der Waals surface area contributed by atoms with Crippen molar-refractivity contribution in [1.82, 2.24) is 4.98 Å². The van der Waals surface area contributed by atoms with Gasteiger partial charge in [-0.05, 0) is 20.8 Å². The van der Waals surface area contributed by atoms with Gasteiger partial charge in [-0.3, -0.25) is 9.59 Å². The number of ether oxygens (including phenoxy) is 3. The Balaban J connectivity index is 1.80. The zero-order valence-corrected chi connectivity index (χ0v) is 14.1. The van der Waals surface area contributed by atoms with Crippen molar-refractivity contribution in [2.45, 2.75) is 51.4 Å². The Hall–Kier alpha value is -1.67. The number of cyclic esters (lactones) is 2. The summed E-state index contributed by atoms with van der Waals surface area (Å²) in [6, 6.07) is 0. The second-order valence-corrected chi connectivity index (χ2v) is 7.45. The molecule has 2 saturated heterocycles. The summed E-state index contributed by atoms with van der Waals surface area (Å²) in [5.41, 5.74) is 4.00. The molecular weight excluding hydrogens is 320 g/mol. The van der Waals surface area contributed by atoms with Crippen molar-refractivity contribution in [3.05, 3.63) is 11.1 Å². The van der Waals surface area contributed by atoms with Gasteiger partial charge in [0.25, 0.3) is 0 Å². The van der Waals surface area contributed by atoms with Crippen LogP contribution < -0.4 is 5.73 Å². The molecule has 3 atom stereocenters. The number of carbonyl (C=O) groups is 2. The first-order chi connectivity index (χ1) is 10.7. The first kappa shape index (κ1) is 16.2. The second-order valence-electron chi connectivity index (χ2n) is 6.56. The van der Waals surface area contributed by atoms with Crippen LogP contribution in [0.25, 0.3) is 0 Å². The van der Waals surface area contributed by atoms with Crippen molar-refractivity contribution < 1.29 is 23.8 Å². The highest BCUT2D eigenvalue weighted by Crippen LogP contribution is 2.52. The van der Waals surface area contributed by atoms with E-state index in [1.165, 1.54) is 11.3 Å². The lowest BCUT2D eigenvalue weighted by atomic mass is 9.78. The smallest absolute Gasteiger partial charge is 0.324 e. The lowest BCUT2D eigenvalue weighted by Gasteiger charge is -2.20. The lowest BCUT2D eigenvalue weighted by Crippen LogP contribution is -2.32. The normalized spacial score (nSPS) is 33.5. The van der Waals surface area contributed by atoms with Gasteiger partial charge in [0.05, 0.1) is 18.4 Å². The minimum atomic E-state index is -1.27. The maximum absolute atomic E-state index is 12.5. The Morgan fingerprint density at radius 3 is 2.83 bits per heavy atom. The minimum Gasteiger partial charge on any atom is -0.459 e. The number of hydrogen-bond donors (Lipinski definition) is 1. The van der Waals surface area contributed by atoms with E-state index in [1.807, 2.05) is 13.8 Å². The molecule has 3 heterocycles. The Morgan fingerprint density at radius 1 is 1.48 bits per heavy atom. The summed E-state index contributed by atoms with van der Waals surface area (Å²) >= 11 is 1.27. The zero-order valence-electron chi connectivity index (χ0n) is 13.3. The minimum absolute atomic E-state index is 0.0315. The van der Waals surface area contributed by atoms with Gasteiger partial charge < -0.3 is 19.9 Å². The van der Waals surface area contributed by atoms with Gasteiger partial charge in [0, 0.05) is 18.2 Å². The Morgan fingerprint density at radius 2 is 2.22 bits per heavy atom. The van der Waals surface area contributed by atoms with Gasteiger partial charge in [-0.2, -0.15) is 0 Å². The maximum Gasteiger partial charge on any atom is 0.324 e. The van der Waals surface area contributed by atoms with Crippen LogP contribution in [-0.2, 0) is 29.4 Å². The Labute approximate surface area is 138 Å². The molecule has 126 valence electrons. The molecule has 2 N–H and O–H groups in total. The van der Waals surface area contributed by atoms with Gasteiger partial charge in [-0.25, -0.2) is 4.98 Å². The molecule has 1 spiro atoms. The molecule has 1 aromatic heterocycles. The van der Waals surface area contributed by atoms with E-state index >= 15 is 0 Å². The Kier molecular flexibility index (Phi) is 3.84. The van der Waals surface area contributed by atoms with Crippen LogP contribution in [0.3, 0.4) is 0 Å². The molecule has 0 bridgehead atoms. The van der Waals surface area contributed by atoms with Crippen LogP contribution >= 0.6 is 11.3 Å². The topological polar surface area (TPSA) is 101 Å². The maximum atomic E-state index is 12.5. The molecule has 0 radical (unpaired) electrons. The lowest BCUT2D eigenvalue weighted by molar-refractivity contribution is -0.160. The quantitative estimate of drug-likeness (QED) is 0.656. The highest BCUT2D eigenvalue weighted by atomic mass is 32.1. The van der Waals surface area contributed by atoms with Crippen molar-refractivity contribution in [3.63, 3.8) is 0 Å². The van der Waals surface area contributed by atoms with Crippen LogP contribution in [0.4, 0.5) is 5.13 Å². The van der Waals surface area contributed by atoms with Crippen molar-refractivity contribution in [2.75, 3.05) is 12.3 Å². The van der Waals surface area contributed by atoms with Crippen molar-refractivity contribution >= 4 is 28.4 Å². The highest BCUT2D eigenvalue weighted by molar-refractivity contribution is 7.13. The highest BCUT2D eigenvalue weighted by Gasteiger charge is 2.65. The van der Waals surface area contributed by atoms with Crippen LogP contribution in [0.5, 0.6) is 0 Å². The monoisotopic (exact) mass is 340 g/mol. The summed E-state index contributed by atoms with van der Waals surface area (Å²) in [5.74, 6) is -1.09. The van der Waals surface area contributed by atoms with Crippen LogP contribution in [0.2, 0.25) is 0 Å². The van der Waals surface area contributed by atoms with E-state index in [0.29, 0.717) is 10.8 Å². The van der Waals surface area contributed by atoms with Crippen molar-refractivity contribution in [1.29, 1.82) is 0 Å². The molecule has 0 aromatic carbocycles. The molecule has 7 nitrogen and oxygen atoms in total. The van der Waals surface area contributed by atoms with Crippen LogP contribution in [0.1, 0.15) is 39.3 Å². The zero-order chi connectivity index (χ0) is 16.8. The molecule has 8 heteroatoms. The summed E-state index contributed by atoms with van der Waals surface area (Å²) in [6.45, 7) is 5.83. The van der Waals surface area contributed by atoms with Gasteiger partial charge >= 0.3 is 11.9 Å². The van der Waals surface area contributed by atoms with Gasteiger partial charge in [0.2, 0.25) is 0 Å². The average Bonchev–Trinajstić information content (AvgIpc) is 3.09. The third-order valence-electron chi connectivity index (χ3n) is 4.27. The molecule has 2 aliphatic rings. The number of aromatic nitrogens is 1. The molecule has 0 aliphatic carbocycles. The second kappa shape index (κ2) is 5.45. The first-order valence-electron chi connectivity index (χ1n) is 7.53. The third-order valence-corrected chi connectivity index (χ3v) is 4.94. The third kappa shape index (κ3) is 2.70. The first-order valence-corrected chi connectivity index (χ1v) is 8.41. The number of thiazole rings is 1. The predicted octanol–water partition coefficient (Wildman–Crippen LogP) is 1.61. The van der Waals surface area contributed by atoms with E-state index in [9.17, 15) is 9.59 Å². The number of carbonyl (C=O) groups excluding carboxylic acids is 2. The molecule has 0 unspecified atom stereocenters. The largest absolute Gasteiger partial charge is 0.459 e. The van der Waals surface area contributed by atoms with Gasteiger partial charge in [0.15, 0.2) is 16.1 Å². The number of nitrogens with zero attached hydrogens (tertiary/aromatic N) is 1. The fourth-order valence-corrected chi connectivity index (χ4v) is 3.83. The molecular formula is C15H20N2O5S. The van der Waals surface area contributed by atoms with E-state index in [0.717, 1.165) is 0 Å². The molecule has 2 aliphatic heterocycles. The predicted molar refractivity (Wildman–Crippen MR) is 82.6 cm³/mol. The molecule has 0 amide bonds. The fraction of sp³-hybridized carbons (Fsp3) is 0.667. The number of nitrogens with two attached hydrogens (primary N) is 1. The molecule has 0 saturated carbocycles. The fourth-order valence-electron chi connectivity index (χ4n) is 3.14. The number of nitrogen functional groups attached to an aromatic ring is 1. The molecule has 3 rings (SSSR count). The van der Waals surface area contributed by atoms with Crippen molar-refractivity contribution in [2.24, 2.45) is 5.41 Å². The number of esters is 2. The summed E-state index contributed by atoms with van der Waals surface area (Å²) in [4.78, 5) is 29.0. The van der Waals surface area contributed by atoms with Crippen LogP contribution in [-0.4, -0.2) is 35.7 Å². The SMILES string of the molecule is CC(C)OC[C@@H]1C[C@@]2(C[C@@](C)(c3csc(N)n3)OC2=O)C(=O)O1. The van der Waals surface area contributed by atoms with E-state index in [4.69, 9.17) is 19.9 Å². The Bertz CT molecular complexity index is 646. The van der Waals surface area contributed by atoms with Crippen LogP contribution in [0, 0.1) is 5.41 Å². The summed E-state index contributed by atoms with van der Waals surface area (Å²) in [7, 11) is 0. The summed E-state index contributed by atoms with van der Waals surface area (Å²) < 4.78 is 16.4. The number of anilines is 1. The van der Waals surface area contributed by atoms with Crippen LogP contribution in [0.15, 0.2) is 5.38 Å². The van der Waals surface area contributed by atoms with E-state index < -0.39 is 29.1 Å². The standard InChI is InChI=1S/C15H20N2O5S/c1-8(2)20-5-9-4-15(11(18)21-9)7-14(3,22-12(15)19)10-6-23-13(16)17-10/h6,8-9H,4-5,7H2,1-3H3,(H2,16,17)/t9-,14-,15+/m0/s1. The molecule has 23 heavy (non-hydrogen) atoms. The summed E-state index contributed by atoms with van der Waals surface area (Å²) in [5, 5.41) is 2.15.